The van der Waals surface area contributed by atoms with E-state index < -0.39 is 10.0 Å². The average molecular weight is 431 g/mol. The van der Waals surface area contributed by atoms with E-state index in [0.29, 0.717) is 22.1 Å². The van der Waals surface area contributed by atoms with E-state index >= 15 is 0 Å². The van der Waals surface area contributed by atoms with E-state index in [-0.39, 0.29) is 10.8 Å². The van der Waals surface area contributed by atoms with E-state index in [1.54, 1.807) is 26.0 Å². The SMILES string of the molecule is Cc1ccc(NC(=S)Nc2ccc(S(=O)(=O)Nc3onc(C)c3C)cc2)cc1C. The summed E-state index contributed by atoms with van der Waals surface area (Å²) in [5.74, 6) is 0.114. The highest BCUT2D eigenvalue weighted by atomic mass is 32.2. The van der Waals surface area contributed by atoms with E-state index in [1.807, 2.05) is 32.0 Å². The second-order valence-corrected chi connectivity index (χ2v) is 8.82. The Labute approximate surface area is 175 Å². The Morgan fingerprint density at radius 1 is 0.931 bits per heavy atom. The van der Waals surface area contributed by atoms with Gasteiger partial charge >= 0.3 is 0 Å². The molecule has 0 aliphatic carbocycles. The van der Waals surface area contributed by atoms with Crippen LogP contribution in [0, 0.1) is 27.7 Å². The van der Waals surface area contributed by atoms with Crippen molar-refractivity contribution in [2.45, 2.75) is 32.6 Å². The number of nitrogens with one attached hydrogen (secondary N) is 3. The molecule has 3 rings (SSSR count). The fourth-order valence-corrected chi connectivity index (χ4v) is 3.80. The first-order valence-corrected chi connectivity index (χ1v) is 10.8. The van der Waals surface area contributed by atoms with Gasteiger partial charge in [-0.3, -0.25) is 0 Å². The van der Waals surface area contributed by atoms with Crippen LogP contribution < -0.4 is 15.4 Å². The highest BCUT2D eigenvalue weighted by Gasteiger charge is 2.19. The van der Waals surface area contributed by atoms with Crippen LogP contribution in [0.5, 0.6) is 0 Å². The Morgan fingerprint density at radius 2 is 1.55 bits per heavy atom. The van der Waals surface area contributed by atoms with Gasteiger partial charge in [-0.05, 0) is 87.4 Å². The minimum absolute atomic E-state index is 0.101. The number of anilines is 3. The fourth-order valence-electron chi connectivity index (χ4n) is 2.52. The number of aromatic nitrogens is 1. The number of hydrogen-bond donors (Lipinski definition) is 3. The lowest BCUT2D eigenvalue weighted by molar-refractivity contribution is 0.430. The molecule has 1 heterocycles. The zero-order valence-corrected chi connectivity index (χ0v) is 18.2. The lowest BCUT2D eigenvalue weighted by Gasteiger charge is -2.12. The van der Waals surface area contributed by atoms with Crippen molar-refractivity contribution < 1.29 is 12.9 Å². The molecule has 0 spiro atoms. The quantitative estimate of drug-likeness (QED) is 0.512. The number of aryl methyl sites for hydroxylation is 3. The first-order valence-electron chi connectivity index (χ1n) is 8.87. The van der Waals surface area contributed by atoms with Crippen LogP contribution in [-0.4, -0.2) is 18.7 Å². The van der Waals surface area contributed by atoms with Gasteiger partial charge in [0.05, 0.1) is 10.6 Å². The Morgan fingerprint density at radius 3 is 2.14 bits per heavy atom. The maximum absolute atomic E-state index is 12.5. The van der Waals surface area contributed by atoms with Gasteiger partial charge in [-0.15, -0.1) is 0 Å². The molecule has 0 aliphatic heterocycles. The van der Waals surface area contributed by atoms with Crippen LogP contribution in [0.2, 0.25) is 0 Å². The number of nitrogens with zero attached hydrogens (tertiary/aromatic N) is 1. The summed E-state index contributed by atoms with van der Waals surface area (Å²) < 4.78 is 32.5. The van der Waals surface area contributed by atoms with Crippen LogP contribution in [0.15, 0.2) is 51.9 Å². The predicted octanol–water partition coefficient (Wildman–Crippen LogP) is 4.52. The van der Waals surface area contributed by atoms with Gasteiger partial charge in [0.25, 0.3) is 10.0 Å². The molecule has 152 valence electrons. The van der Waals surface area contributed by atoms with E-state index in [1.165, 1.54) is 17.7 Å². The van der Waals surface area contributed by atoms with Gasteiger partial charge in [-0.1, -0.05) is 11.2 Å². The molecule has 0 atom stereocenters. The molecule has 0 amide bonds. The smallest absolute Gasteiger partial charge is 0.264 e. The molecule has 7 nitrogen and oxygen atoms in total. The molecular weight excluding hydrogens is 408 g/mol. The molecule has 9 heteroatoms. The summed E-state index contributed by atoms with van der Waals surface area (Å²) in [5.41, 5.74) is 5.19. The number of benzene rings is 2. The van der Waals surface area contributed by atoms with Crippen molar-refractivity contribution in [3.8, 4) is 0 Å². The van der Waals surface area contributed by atoms with Gasteiger partial charge < -0.3 is 15.2 Å². The maximum atomic E-state index is 12.5. The van der Waals surface area contributed by atoms with Crippen LogP contribution in [0.3, 0.4) is 0 Å². The number of rotatable bonds is 5. The fraction of sp³-hybridized carbons (Fsp3) is 0.200. The molecule has 3 N–H and O–H groups in total. The average Bonchev–Trinajstić information content (AvgIpc) is 2.97. The number of hydrogen-bond acceptors (Lipinski definition) is 5. The Bertz CT molecular complexity index is 1150. The van der Waals surface area contributed by atoms with Crippen molar-refractivity contribution in [2.24, 2.45) is 0 Å². The predicted molar refractivity (Wildman–Crippen MR) is 119 cm³/mol. The number of thiocarbonyl (C=S) groups is 1. The third-order valence-corrected chi connectivity index (χ3v) is 6.12. The highest BCUT2D eigenvalue weighted by molar-refractivity contribution is 7.92. The van der Waals surface area contributed by atoms with Crippen LogP contribution in [0.25, 0.3) is 0 Å². The van der Waals surface area contributed by atoms with E-state index in [2.05, 4.69) is 20.5 Å². The van der Waals surface area contributed by atoms with Gasteiger partial charge in [0.15, 0.2) is 5.11 Å². The zero-order chi connectivity index (χ0) is 21.2. The topological polar surface area (TPSA) is 96.3 Å². The maximum Gasteiger partial charge on any atom is 0.264 e. The third kappa shape index (κ3) is 4.93. The van der Waals surface area contributed by atoms with Crippen LogP contribution in [0.1, 0.15) is 22.4 Å². The van der Waals surface area contributed by atoms with Crippen molar-refractivity contribution in [3.05, 3.63) is 64.8 Å². The summed E-state index contributed by atoms with van der Waals surface area (Å²) in [7, 11) is -3.79. The van der Waals surface area contributed by atoms with Gasteiger partial charge in [0, 0.05) is 16.9 Å². The number of sulfonamides is 1. The zero-order valence-electron chi connectivity index (χ0n) is 16.5. The molecule has 2 aromatic carbocycles. The second kappa shape index (κ2) is 8.22. The van der Waals surface area contributed by atoms with Crippen LogP contribution >= 0.6 is 12.2 Å². The molecular formula is C20H22N4O3S2. The van der Waals surface area contributed by atoms with Crippen LogP contribution in [-0.2, 0) is 10.0 Å². The molecule has 0 saturated heterocycles. The van der Waals surface area contributed by atoms with Crippen molar-refractivity contribution in [2.75, 3.05) is 15.4 Å². The second-order valence-electron chi connectivity index (χ2n) is 6.73. The minimum atomic E-state index is -3.79. The van der Waals surface area contributed by atoms with Gasteiger partial charge in [0.1, 0.15) is 0 Å². The molecule has 0 saturated carbocycles. The molecule has 1 aromatic heterocycles. The molecule has 0 fully saturated rings. The normalized spacial score (nSPS) is 11.2. The largest absolute Gasteiger partial charge is 0.337 e. The summed E-state index contributed by atoms with van der Waals surface area (Å²) in [5, 5.41) is 10.3. The van der Waals surface area contributed by atoms with E-state index in [4.69, 9.17) is 16.7 Å². The van der Waals surface area contributed by atoms with Crippen molar-refractivity contribution in [1.82, 2.24) is 5.16 Å². The van der Waals surface area contributed by atoms with Gasteiger partial charge in [-0.2, -0.15) is 0 Å². The molecule has 0 radical (unpaired) electrons. The lowest BCUT2D eigenvalue weighted by Crippen LogP contribution is -2.19. The minimum Gasteiger partial charge on any atom is -0.337 e. The van der Waals surface area contributed by atoms with E-state index in [0.717, 1.165) is 11.3 Å². The third-order valence-electron chi connectivity index (χ3n) is 4.57. The Balaban J connectivity index is 1.66. The van der Waals surface area contributed by atoms with Crippen molar-refractivity contribution in [1.29, 1.82) is 0 Å². The first kappa shape index (κ1) is 20.8. The Kier molecular flexibility index (Phi) is 5.90. The summed E-state index contributed by atoms with van der Waals surface area (Å²) in [6, 6.07) is 12.2. The molecule has 0 unspecified atom stereocenters. The standard InChI is InChI=1S/C20H22N4O3S2/c1-12-5-6-17(11-13(12)2)22-20(28)21-16-7-9-18(10-8-16)29(25,26)24-19-14(3)15(4)23-27-19/h5-11,24H,1-4H3,(H2,21,22,28). The van der Waals surface area contributed by atoms with Crippen molar-refractivity contribution >= 4 is 44.6 Å². The summed E-state index contributed by atoms with van der Waals surface area (Å²) >= 11 is 5.33. The van der Waals surface area contributed by atoms with Gasteiger partial charge in [0.2, 0.25) is 5.88 Å². The molecule has 0 bridgehead atoms. The Hall–Kier alpha value is -2.91. The monoisotopic (exact) mass is 430 g/mol. The van der Waals surface area contributed by atoms with Crippen LogP contribution in [0.4, 0.5) is 17.3 Å². The summed E-state index contributed by atoms with van der Waals surface area (Å²) in [4.78, 5) is 0.101. The van der Waals surface area contributed by atoms with E-state index in [9.17, 15) is 8.42 Å². The highest BCUT2D eigenvalue weighted by Crippen LogP contribution is 2.23. The first-order chi connectivity index (χ1) is 13.7. The van der Waals surface area contributed by atoms with Gasteiger partial charge in [-0.25, -0.2) is 13.1 Å². The molecule has 3 aromatic rings. The summed E-state index contributed by atoms with van der Waals surface area (Å²) in [6.45, 7) is 7.56. The molecule has 29 heavy (non-hydrogen) atoms. The summed E-state index contributed by atoms with van der Waals surface area (Å²) in [6.07, 6.45) is 0. The van der Waals surface area contributed by atoms with Crippen molar-refractivity contribution in [3.63, 3.8) is 0 Å². The lowest BCUT2D eigenvalue weighted by atomic mass is 10.1. The molecule has 0 aliphatic rings.